The second-order valence-electron chi connectivity index (χ2n) is 6.67. The van der Waals surface area contributed by atoms with Gasteiger partial charge in [-0.3, -0.25) is 0 Å². The average molecular weight is 489 g/mol. The highest BCUT2D eigenvalue weighted by atomic mass is 35.5. The summed E-state index contributed by atoms with van der Waals surface area (Å²) in [7, 11) is -4.02. The number of sulfone groups is 1. The normalized spacial score (nSPS) is 11.3. The molecule has 0 aliphatic carbocycles. The zero-order valence-corrected chi connectivity index (χ0v) is 19.2. The monoisotopic (exact) mass is 488 g/mol. The van der Waals surface area contributed by atoms with Crippen LogP contribution in [-0.4, -0.2) is 20.0 Å². The number of oxazole rings is 1. The quantitative estimate of drug-likeness (QED) is 0.314. The van der Waals surface area contributed by atoms with Gasteiger partial charge in [0.05, 0.1) is 22.1 Å². The molecule has 0 aliphatic heterocycles. The van der Waals surface area contributed by atoms with Crippen LogP contribution in [0.1, 0.15) is 6.92 Å². The molecule has 3 aromatic carbocycles. The molecule has 0 amide bonds. The SMILES string of the molecule is CCOc1ccc(Nc2oc(-c3ccccc3Cl)nc2S(=O)(=O)c2ccc(Cl)cc2)cc1. The highest BCUT2D eigenvalue weighted by Crippen LogP contribution is 2.36. The van der Waals surface area contributed by atoms with Crippen LogP contribution in [0, 0.1) is 0 Å². The molecule has 0 aliphatic rings. The Balaban J connectivity index is 1.80. The minimum Gasteiger partial charge on any atom is -0.494 e. The standard InChI is InChI=1S/C23H18Cl2N2O4S/c1-2-30-17-11-9-16(10-12-17)26-22-23(32(28,29)18-13-7-15(24)8-14-18)27-21(31-22)19-5-3-4-6-20(19)25/h3-14,26H,2H2,1H3. The number of nitrogens with zero attached hydrogens (tertiary/aromatic N) is 1. The summed E-state index contributed by atoms with van der Waals surface area (Å²) in [4.78, 5) is 4.33. The molecule has 32 heavy (non-hydrogen) atoms. The van der Waals surface area contributed by atoms with Crippen LogP contribution in [0.25, 0.3) is 11.5 Å². The van der Waals surface area contributed by atoms with Crippen LogP contribution >= 0.6 is 23.2 Å². The molecule has 4 aromatic rings. The molecular weight excluding hydrogens is 471 g/mol. The van der Waals surface area contributed by atoms with Crippen molar-refractivity contribution in [2.45, 2.75) is 16.8 Å². The molecule has 0 spiro atoms. The maximum Gasteiger partial charge on any atom is 0.238 e. The highest BCUT2D eigenvalue weighted by Gasteiger charge is 2.29. The zero-order valence-electron chi connectivity index (χ0n) is 16.9. The maximum absolute atomic E-state index is 13.4. The summed E-state index contributed by atoms with van der Waals surface area (Å²) in [5.74, 6) is 0.747. The molecule has 0 unspecified atom stereocenters. The van der Waals surface area contributed by atoms with E-state index in [9.17, 15) is 8.42 Å². The van der Waals surface area contributed by atoms with Crippen LogP contribution in [0.3, 0.4) is 0 Å². The van der Waals surface area contributed by atoms with Gasteiger partial charge in [0.2, 0.25) is 26.6 Å². The Morgan fingerprint density at radius 2 is 1.66 bits per heavy atom. The number of ether oxygens (including phenoxy) is 1. The van der Waals surface area contributed by atoms with E-state index in [1.54, 1.807) is 48.5 Å². The summed E-state index contributed by atoms with van der Waals surface area (Å²) < 4.78 is 38.0. The number of anilines is 2. The Bertz CT molecular complexity index is 1340. The van der Waals surface area contributed by atoms with E-state index < -0.39 is 9.84 Å². The molecule has 9 heteroatoms. The summed E-state index contributed by atoms with van der Waals surface area (Å²) >= 11 is 12.2. The lowest BCUT2D eigenvalue weighted by Gasteiger charge is -2.08. The molecule has 6 nitrogen and oxygen atoms in total. The molecule has 0 atom stereocenters. The highest BCUT2D eigenvalue weighted by molar-refractivity contribution is 7.91. The molecule has 1 aromatic heterocycles. The van der Waals surface area contributed by atoms with Crippen LogP contribution in [0.5, 0.6) is 5.75 Å². The van der Waals surface area contributed by atoms with E-state index in [2.05, 4.69) is 10.3 Å². The van der Waals surface area contributed by atoms with E-state index in [4.69, 9.17) is 32.4 Å². The minimum atomic E-state index is -4.02. The second kappa shape index (κ2) is 9.24. The third kappa shape index (κ3) is 4.60. The summed E-state index contributed by atoms with van der Waals surface area (Å²) in [6, 6.07) is 19.8. The van der Waals surface area contributed by atoms with Crippen molar-refractivity contribution in [1.82, 2.24) is 4.98 Å². The fraction of sp³-hybridized carbons (Fsp3) is 0.0870. The largest absolute Gasteiger partial charge is 0.494 e. The third-order valence-corrected chi connectivity index (χ3v) is 6.76. The van der Waals surface area contributed by atoms with Crippen LogP contribution < -0.4 is 10.1 Å². The van der Waals surface area contributed by atoms with Crippen molar-refractivity contribution in [1.29, 1.82) is 0 Å². The topological polar surface area (TPSA) is 81.4 Å². The summed E-state index contributed by atoms with van der Waals surface area (Å²) in [5, 5.41) is 3.56. The Morgan fingerprint density at radius 1 is 0.969 bits per heavy atom. The third-order valence-electron chi connectivity index (χ3n) is 4.50. The van der Waals surface area contributed by atoms with Crippen molar-refractivity contribution >= 4 is 44.6 Å². The first kappa shape index (κ1) is 22.2. The molecule has 1 N–H and O–H groups in total. The fourth-order valence-corrected chi connectivity index (χ4v) is 4.57. The van der Waals surface area contributed by atoms with Crippen molar-refractivity contribution in [2.75, 3.05) is 11.9 Å². The number of aromatic nitrogens is 1. The summed E-state index contributed by atoms with van der Waals surface area (Å²) in [6.07, 6.45) is 0. The lowest BCUT2D eigenvalue weighted by atomic mass is 10.2. The minimum absolute atomic E-state index is 0.0287. The first-order valence-electron chi connectivity index (χ1n) is 9.64. The number of hydrogen-bond acceptors (Lipinski definition) is 6. The Kier molecular flexibility index (Phi) is 6.41. The smallest absolute Gasteiger partial charge is 0.238 e. The van der Waals surface area contributed by atoms with Gasteiger partial charge in [0.1, 0.15) is 5.75 Å². The first-order chi connectivity index (χ1) is 15.4. The van der Waals surface area contributed by atoms with Gasteiger partial charge in [0, 0.05) is 10.7 Å². The Hall–Kier alpha value is -3.00. The maximum atomic E-state index is 13.4. The van der Waals surface area contributed by atoms with Gasteiger partial charge in [0.25, 0.3) is 0 Å². The molecule has 0 saturated carbocycles. The number of halogens is 2. The molecule has 0 fully saturated rings. The molecule has 1 heterocycles. The van der Waals surface area contributed by atoms with Gasteiger partial charge in [-0.25, -0.2) is 8.42 Å². The van der Waals surface area contributed by atoms with Gasteiger partial charge in [-0.1, -0.05) is 35.3 Å². The molecule has 4 rings (SSSR count). The van der Waals surface area contributed by atoms with E-state index in [1.807, 2.05) is 6.92 Å². The van der Waals surface area contributed by atoms with Gasteiger partial charge in [0.15, 0.2) is 0 Å². The Labute approximate surface area is 195 Å². The molecule has 0 bridgehead atoms. The van der Waals surface area contributed by atoms with E-state index in [-0.39, 0.29) is 21.7 Å². The predicted molar refractivity (Wildman–Crippen MR) is 125 cm³/mol. The molecule has 0 radical (unpaired) electrons. The number of benzene rings is 3. The van der Waals surface area contributed by atoms with Crippen molar-refractivity contribution in [2.24, 2.45) is 0 Å². The van der Waals surface area contributed by atoms with Crippen LogP contribution in [-0.2, 0) is 9.84 Å². The fourth-order valence-electron chi connectivity index (χ4n) is 2.97. The molecule has 0 saturated heterocycles. The van der Waals surface area contributed by atoms with Crippen molar-refractivity contribution in [3.63, 3.8) is 0 Å². The zero-order chi connectivity index (χ0) is 22.7. The van der Waals surface area contributed by atoms with E-state index in [0.717, 1.165) is 0 Å². The van der Waals surface area contributed by atoms with Crippen molar-refractivity contribution < 1.29 is 17.6 Å². The van der Waals surface area contributed by atoms with Crippen LogP contribution in [0.15, 0.2) is 87.1 Å². The lowest BCUT2D eigenvalue weighted by molar-refractivity contribution is 0.340. The van der Waals surface area contributed by atoms with Crippen LogP contribution in [0.4, 0.5) is 11.6 Å². The number of rotatable bonds is 7. The van der Waals surface area contributed by atoms with Gasteiger partial charge < -0.3 is 14.5 Å². The number of nitrogens with one attached hydrogen (secondary N) is 1. The average Bonchev–Trinajstić information content (AvgIpc) is 3.20. The van der Waals surface area contributed by atoms with E-state index in [0.29, 0.717) is 33.7 Å². The summed E-state index contributed by atoms with van der Waals surface area (Å²) in [5.41, 5.74) is 1.07. The second-order valence-corrected chi connectivity index (χ2v) is 9.38. The molecule has 164 valence electrons. The van der Waals surface area contributed by atoms with Gasteiger partial charge >= 0.3 is 0 Å². The van der Waals surface area contributed by atoms with Gasteiger partial charge in [-0.2, -0.15) is 4.98 Å². The van der Waals surface area contributed by atoms with Crippen molar-refractivity contribution in [3.05, 3.63) is 82.8 Å². The first-order valence-corrected chi connectivity index (χ1v) is 11.9. The number of hydrogen-bond donors (Lipinski definition) is 1. The van der Waals surface area contributed by atoms with Gasteiger partial charge in [-0.15, -0.1) is 0 Å². The Morgan fingerprint density at radius 3 is 2.31 bits per heavy atom. The van der Waals surface area contributed by atoms with Gasteiger partial charge in [-0.05, 0) is 67.6 Å². The van der Waals surface area contributed by atoms with Crippen molar-refractivity contribution in [3.8, 4) is 17.2 Å². The lowest BCUT2D eigenvalue weighted by Crippen LogP contribution is -2.05. The summed E-state index contributed by atoms with van der Waals surface area (Å²) in [6.45, 7) is 2.43. The van der Waals surface area contributed by atoms with E-state index >= 15 is 0 Å². The van der Waals surface area contributed by atoms with E-state index in [1.165, 1.54) is 24.3 Å². The molecular formula is C23H18Cl2N2O4S. The van der Waals surface area contributed by atoms with Crippen LogP contribution in [0.2, 0.25) is 10.0 Å². The predicted octanol–water partition coefficient (Wildman–Crippen LogP) is 6.62.